The monoisotopic (exact) mass is 699 g/mol. The molecule has 48 heavy (non-hydrogen) atoms. The molecule has 0 saturated carbocycles. The van der Waals surface area contributed by atoms with Gasteiger partial charge < -0.3 is 29.3 Å². The second kappa shape index (κ2) is 14.7. The lowest BCUT2D eigenvalue weighted by Gasteiger charge is -2.31. The Balaban J connectivity index is 1.35. The van der Waals surface area contributed by atoms with Crippen LogP contribution in [0.25, 0.3) is 0 Å². The number of hydrogen-bond acceptors (Lipinski definition) is 10. The van der Waals surface area contributed by atoms with Crippen LogP contribution in [0.15, 0.2) is 70.5 Å². The number of methoxy groups -OCH3 is 1. The molecule has 3 aromatic rings. The second-order valence-electron chi connectivity index (χ2n) is 11.8. The van der Waals surface area contributed by atoms with Gasteiger partial charge in [-0.05, 0) is 79.9 Å². The number of nitrogens with one attached hydrogen (secondary N) is 2. The summed E-state index contributed by atoms with van der Waals surface area (Å²) in [5, 5.41) is 2.87. The number of hydrogen-bond donors (Lipinski definition) is 2. The van der Waals surface area contributed by atoms with Crippen LogP contribution in [-0.4, -0.2) is 99.9 Å². The number of benzene rings is 3. The molecule has 13 nitrogen and oxygen atoms in total. The SMILES string of the molecule is COc1ccc(NS(=O)(=O)c2cc(NC(=O)c3cc(S(=O)(=O)N4CCOCC4)ccc3N3CCCCC3)ccc2N2CCOCC2)cc1. The molecule has 6 rings (SSSR count). The number of anilines is 4. The molecule has 3 aliphatic rings. The number of morpholine rings is 2. The summed E-state index contributed by atoms with van der Waals surface area (Å²) in [6, 6.07) is 16.0. The summed E-state index contributed by atoms with van der Waals surface area (Å²) in [6.07, 6.45) is 3.00. The molecule has 15 heteroatoms. The first kappa shape index (κ1) is 34.0. The zero-order valence-corrected chi connectivity index (χ0v) is 28.5. The van der Waals surface area contributed by atoms with Crippen molar-refractivity contribution >= 4 is 48.7 Å². The lowest BCUT2D eigenvalue weighted by Crippen LogP contribution is -2.40. The molecule has 1 amide bonds. The highest BCUT2D eigenvalue weighted by Gasteiger charge is 2.30. The molecule has 2 N–H and O–H groups in total. The maximum atomic E-state index is 14.1. The smallest absolute Gasteiger partial charge is 0.264 e. The predicted molar refractivity (Wildman–Crippen MR) is 183 cm³/mol. The highest BCUT2D eigenvalue weighted by molar-refractivity contribution is 7.93. The summed E-state index contributed by atoms with van der Waals surface area (Å²) in [5.74, 6) is 0.0441. The van der Waals surface area contributed by atoms with Gasteiger partial charge >= 0.3 is 0 Å². The molecule has 0 aliphatic carbocycles. The van der Waals surface area contributed by atoms with E-state index in [-0.39, 0.29) is 34.1 Å². The van der Waals surface area contributed by atoms with Crippen molar-refractivity contribution in [1.82, 2.24) is 4.31 Å². The molecule has 0 spiro atoms. The molecule has 0 atom stereocenters. The van der Waals surface area contributed by atoms with Gasteiger partial charge in [0.05, 0.1) is 49.7 Å². The summed E-state index contributed by atoms with van der Waals surface area (Å²) in [4.78, 5) is 18.1. The van der Waals surface area contributed by atoms with E-state index in [1.807, 2.05) is 4.90 Å². The molecule has 0 unspecified atom stereocenters. The van der Waals surface area contributed by atoms with E-state index in [0.29, 0.717) is 62.3 Å². The minimum absolute atomic E-state index is 0.0158. The average Bonchev–Trinajstić information content (AvgIpc) is 3.12. The largest absolute Gasteiger partial charge is 0.497 e. The van der Waals surface area contributed by atoms with Gasteiger partial charge in [-0.25, -0.2) is 16.8 Å². The average molecular weight is 700 g/mol. The van der Waals surface area contributed by atoms with E-state index in [2.05, 4.69) is 14.9 Å². The van der Waals surface area contributed by atoms with Crippen LogP contribution in [0, 0.1) is 0 Å². The lowest BCUT2D eigenvalue weighted by atomic mass is 10.1. The highest BCUT2D eigenvalue weighted by Crippen LogP contribution is 2.33. The van der Waals surface area contributed by atoms with Gasteiger partial charge in [-0.2, -0.15) is 4.31 Å². The Kier molecular flexibility index (Phi) is 10.4. The summed E-state index contributed by atoms with van der Waals surface area (Å²) in [6.45, 7) is 4.45. The van der Waals surface area contributed by atoms with Crippen LogP contribution >= 0.6 is 0 Å². The molecule has 3 saturated heterocycles. The van der Waals surface area contributed by atoms with E-state index in [0.717, 1.165) is 32.4 Å². The molecule has 3 aliphatic heterocycles. The van der Waals surface area contributed by atoms with Crippen molar-refractivity contribution in [3.63, 3.8) is 0 Å². The predicted octanol–water partition coefficient (Wildman–Crippen LogP) is 3.60. The second-order valence-corrected chi connectivity index (χ2v) is 15.4. The van der Waals surface area contributed by atoms with Gasteiger partial charge in [0, 0.05) is 56.3 Å². The first-order chi connectivity index (χ1) is 23.2. The molecular weight excluding hydrogens is 659 g/mol. The van der Waals surface area contributed by atoms with Gasteiger partial charge in [0.1, 0.15) is 10.6 Å². The number of nitrogens with zero attached hydrogens (tertiary/aromatic N) is 3. The summed E-state index contributed by atoms with van der Waals surface area (Å²) >= 11 is 0. The lowest BCUT2D eigenvalue weighted by molar-refractivity contribution is 0.0730. The third-order valence-corrected chi connectivity index (χ3v) is 12.0. The van der Waals surface area contributed by atoms with E-state index in [9.17, 15) is 21.6 Å². The van der Waals surface area contributed by atoms with Crippen LogP contribution in [0.1, 0.15) is 29.6 Å². The van der Waals surface area contributed by atoms with Crippen molar-refractivity contribution < 1.29 is 35.8 Å². The molecule has 3 fully saturated rings. The standard InChI is InChI=1S/C33H41N5O8S2/c1-44-27-8-5-25(6-9-27)35-47(40,41)32-23-26(7-11-31(32)37-15-19-45-20-16-37)34-33(39)29-24-28(48(42,43)38-17-21-46-22-18-38)10-12-30(29)36-13-3-2-4-14-36/h5-12,23-24,35H,2-4,13-22H2,1H3,(H,34,39). The Labute approximate surface area is 281 Å². The van der Waals surface area contributed by atoms with Crippen molar-refractivity contribution in [1.29, 1.82) is 0 Å². The zero-order valence-electron chi connectivity index (χ0n) is 26.9. The van der Waals surface area contributed by atoms with E-state index in [4.69, 9.17) is 14.2 Å². The Morgan fingerprint density at radius 2 is 1.31 bits per heavy atom. The molecule has 0 radical (unpaired) electrons. The van der Waals surface area contributed by atoms with Crippen LogP contribution < -0.4 is 24.6 Å². The fourth-order valence-corrected chi connectivity index (χ4v) is 8.89. The number of carbonyl (C=O) groups excluding carboxylic acids is 1. The van der Waals surface area contributed by atoms with Crippen LogP contribution in [0.4, 0.5) is 22.7 Å². The molecule has 3 heterocycles. The highest BCUT2D eigenvalue weighted by atomic mass is 32.2. The topological polar surface area (TPSA) is 147 Å². The van der Waals surface area contributed by atoms with Gasteiger partial charge in [0.25, 0.3) is 15.9 Å². The number of rotatable bonds is 10. The van der Waals surface area contributed by atoms with Crippen molar-refractivity contribution in [2.24, 2.45) is 0 Å². The van der Waals surface area contributed by atoms with Crippen molar-refractivity contribution in [3.05, 3.63) is 66.2 Å². The quantitative estimate of drug-likeness (QED) is 0.322. The number of sulfonamides is 2. The first-order valence-electron chi connectivity index (χ1n) is 16.1. The van der Waals surface area contributed by atoms with Gasteiger partial charge in [0.2, 0.25) is 10.0 Å². The van der Waals surface area contributed by atoms with Gasteiger partial charge in [-0.1, -0.05) is 0 Å². The van der Waals surface area contributed by atoms with Crippen LogP contribution in [0.2, 0.25) is 0 Å². The molecule has 0 bridgehead atoms. The van der Waals surface area contributed by atoms with Gasteiger partial charge in [-0.3, -0.25) is 9.52 Å². The van der Waals surface area contributed by atoms with E-state index < -0.39 is 26.0 Å². The third kappa shape index (κ3) is 7.55. The van der Waals surface area contributed by atoms with E-state index >= 15 is 0 Å². The van der Waals surface area contributed by atoms with E-state index in [1.165, 1.54) is 23.5 Å². The summed E-state index contributed by atoms with van der Waals surface area (Å²) in [5.41, 5.74) is 1.90. The summed E-state index contributed by atoms with van der Waals surface area (Å²) < 4.78 is 75.0. The number of piperidine rings is 1. The van der Waals surface area contributed by atoms with Crippen LogP contribution in [-0.2, 0) is 29.5 Å². The Morgan fingerprint density at radius 3 is 1.98 bits per heavy atom. The van der Waals surface area contributed by atoms with E-state index in [1.54, 1.807) is 48.5 Å². The fraction of sp³-hybridized carbons (Fsp3) is 0.424. The van der Waals surface area contributed by atoms with Crippen LogP contribution in [0.5, 0.6) is 5.75 Å². The zero-order chi connectivity index (χ0) is 33.7. The van der Waals surface area contributed by atoms with Crippen molar-refractivity contribution in [2.45, 2.75) is 29.1 Å². The first-order valence-corrected chi connectivity index (χ1v) is 19.0. The number of ether oxygens (including phenoxy) is 3. The number of amides is 1. The van der Waals surface area contributed by atoms with Gasteiger partial charge in [-0.15, -0.1) is 0 Å². The Hall–Kier alpha value is -3.89. The molecule has 3 aromatic carbocycles. The molecular formula is C33H41N5O8S2. The Bertz CT molecular complexity index is 1820. The fourth-order valence-electron chi connectivity index (χ4n) is 6.14. The third-order valence-electron chi connectivity index (χ3n) is 8.72. The minimum Gasteiger partial charge on any atom is -0.497 e. The normalized spacial score (nSPS) is 17.9. The summed E-state index contributed by atoms with van der Waals surface area (Å²) in [7, 11) is -6.47. The van der Waals surface area contributed by atoms with Crippen molar-refractivity contribution in [2.75, 3.05) is 92.6 Å². The van der Waals surface area contributed by atoms with Crippen molar-refractivity contribution in [3.8, 4) is 5.75 Å². The maximum Gasteiger partial charge on any atom is 0.264 e. The Morgan fingerprint density at radius 1 is 0.708 bits per heavy atom. The van der Waals surface area contributed by atoms with Crippen LogP contribution in [0.3, 0.4) is 0 Å². The molecule has 0 aromatic heterocycles. The maximum absolute atomic E-state index is 14.1. The number of carbonyl (C=O) groups is 1. The van der Waals surface area contributed by atoms with Gasteiger partial charge in [0.15, 0.2) is 0 Å². The molecule has 258 valence electrons. The minimum atomic E-state index is -4.13.